The zero-order chi connectivity index (χ0) is 19.5. The molecular weight excluding hydrogens is 350 g/mol. The van der Waals surface area contributed by atoms with Crippen molar-refractivity contribution >= 4 is 11.7 Å². The van der Waals surface area contributed by atoms with Gasteiger partial charge in [-0.25, -0.2) is 4.98 Å². The van der Waals surface area contributed by atoms with Crippen LogP contribution in [-0.4, -0.2) is 48.5 Å². The Balaban J connectivity index is 1.48. The zero-order valence-electron chi connectivity index (χ0n) is 16.6. The van der Waals surface area contributed by atoms with Gasteiger partial charge in [0.1, 0.15) is 5.82 Å². The summed E-state index contributed by atoms with van der Waals surface area (Å²) in [5.74, 6) is 1.68. The van der Waals surface area contributed by atoms with Crippen LogP contribution in [0.2, 0.25) is 0 Å². The van der Waals surface area contributed by atoms with Crippen LogP contribution in [0.4, 0.5) is 5.82 Å². The van der Waals surface area contributed by atoms with Crippen molar-refractivity contribution in [1.29, 1.82) is 0 Å². The second kappa shape index (κ2) is 8.29. The zero-order valence-corrected chi connectivity index (χ0v) is 16.6. The lowest BCUT2D eigenvalue weighted by Gasteiger charge is -2.37. The molecule has 2 fully saturated rings. The van der Waals surface area contributed by atoms with Gasteiger partial charge in [0.2, 0.25) is 0 Å². The number of likely N-dealkylation sites (tertiary alicyclic amines) is 1. The number of hydrogen-bond acceptors (Lipinski definition) is 5. The van der Waals surface area contributed by atoms with Gasteiger partial charge < -0.3 is 10.2 Å². The van der Waals surface area contributed by atoms with Crippen LogP contribution < -0.4 is 16.2 Å². The molecule has 3 atom stereocenters. The van der Waals surface area contributed by atoms with Crippen molar-refractivity contribution in [3.8, 4) is 0 Å². The topological polar surface area (TPSA) is 69.3 Å². The maximum absolute atomic E-state index is 13.1. The van der Waals surface area contributed by atoms with Crippen molar-refractivity contribution < 1.29 is 4.79 Å². The Labute approximate surface area is 166 Å². The van der Waals surface area contributed by atoms with Crippen molar-refractivity contribution in [3.63, 3.8) is 0 Å². The summed E-state index contributed by atoms with van der Waals surface area (Å²) in [6.07, 6.45) is 3.87. The number of aromatic nitrogens is 1. The lowest BCUT2D eigenvalue weighted by Crippen LogP contribution is -2.48. The molecule has 4 rings (SSSR count). The summed E-state index contributed by atoms with van der Waals surface area (Å²) >= 11 is 0. The highest BCUT2D eigenvalue weighted by Gasteiger charge is 2.37. The fraction of sp³-hybridized carbons (Fsp3) is 0.455. The number of nitrogens with one attached hydrogen (secondary N) is 3. The molecule has 2 aromatic rings. The molecule has 3 heterocycles. The monoisotopic (exact) mass is 379 g/mol. The van der Waals surface area contributed by atoms with E-state index in [-0.39, 0.29) is 5.91 Å². The number of rotatable bonds is 4. The summed E-state index contributed by atoms with van der Waals surface area (Å²) in [5.41, 5.74) is 10.2. The number of anilines is 1. The van der Waals surface area contributed by atoms with Crippen LogP contribution in [-0.2, 0) is 0 Å². The fourth-order valence-electron chi connectivity index (χ4n) is 4.47. The van der Waals surface area contributed by atoms with Gasteiger partial charge in [-0.3, -0.25) is 15.6 Å². The van der Waals surface area contributed by atoms with Crippen molar-refractivity contribution in [2.24, 2.45) is 5.92 Å². The highest BCUT2D eigenvalue weighted by Crippen LogP contribution is 2.32. The molecule has 0 radical (unpaired) electrons. The largest absolute Gasteiger partial charge is 0.373 e. The number of amides is 1. The highest BCUT2D eigenvalue weighted by atomic mass is 16.2. The van der Waals surface area contributed by atoms with E-state index in [9.17, 15) is 4.79 Å². The SMILES string of the molecule is CNc1cc(C(=O)N2CCCC(C3NNCC3c3ccc(C)cc3)C2)ccn1. The third-order valence-corrected chi connectivity index (χ3v) is 6.05. The first kappa shape index (κ1) is 18.9. The molecule has 6 nitrogen and oxygen atoms in total. The van der Waals surface area contributed by atoms with Crippen LogP contribution in [0.25, 0.3) is 0 Å². The second-order valence-electron chi connectivity index (χ2n) is 7.90. The normalized spacial score (nSPS) is 24.9. The number of carbonyl (C=O) groups is 1. The fourth-order valence-corrected chi connectivity index (χ4v) is 4.47. The van der Waals surface area contributed by atoms with E-state index in [4.69, 9.17) is 0 Å². The Hall–Kier alpha value is -2.44. The number of hydrazine groups is 1. The molecule has 1 amide bonds. The molecule has 1 aromatic heterocycles. The molecule has 2 saturated heterocycles. The standard InChI is InChI=1S/C22H29N5O/c1-15-5-7-16(8-6-15)19-13-25-26-21(19)18-4-3-11-27(14-18)22(28)17-9-10-24-20(12-17)23-2/h5-10,12,18-19,21,25-26H,3-4,11,13-14H2,1-2H3,(H,23,24). The Bertz CT molecular complexity index is 822. The van der Waals surface area contributed by atoms with Crippen molar-refractivity contribution in [2.75, 3.05) is 32.0 Å². The average molecular weight is 380 g/mol. The predicted octanol–water partition coefficient (Wildman–Crippen LogP) is 2.54. The lowest BCUT2D eigenvalue weighted by atomic mass is 9.81. The number of pyridine rings is 1. The number of piperidine rings is 1. The van der Waals surface area contributed by atoms with Crippen molar-refractivity contribution in [2.45, 2.75) is 31.7 Å². The molecule has 0 spiro atoms. The Kier molecular flexibility index (Phi) is 5.59. The minimum absolute atomic E-state index is 0.0986. The van der Waals surface area contributed by atoms with Gasteiger partial charge in [0.25, 0.3) is 5.91 Å². The van der Waals surface area contributed by atoms with E-state index in [2.05, 4.69) is 52.3 Å². The average Bonchev–Trinajstić information content (AvgIpc) is 3.24. The summed E-state index contributed by atoms with van der Waals surface area (Å²) < 4.78 is 0. The van der Waals surface area contributed by atoms with Crippen molar-refractivity contribution in [1.82, 2.24) is 20.7 Å². The number of benzene rings is 1. The van der Waals surface area contributed by atoms with Gasteiger partial charge in [-0.05, 0) is 43.4 Å². The first-order valence-corrected chi connectivity index (χ1v) is 10.1. The Morgan fingerprint density at radius 2 is 2.07 bits per heavy atom. The van der Waals surface area contributed by atoms with Gasteiger partial charge in [0, 0.05) is 50.4 Å². The first-order chi connectivity index (χ1) is 13.7. The highest BCUT2D eigenvalue weighted by molar-refractivity contribution is 5.94. The van der Waals surface area contributed by atoms with Crippen LogP contribution in [0.3, 0.4) is 0 Å². The van der Waals surface area contributed by atoms with Gasteiger partial charge in [-0.15, -0.1) is 0 Å². The minimum atomic E-state index is 0.0986. The Morgan fingerprint density at radius 3 is 2.86 bits per heavy atom. The molecular formula is C22H29N5O. The number of carbonyl (C=O) groups excluding carboxylic acids is 1. The van der Waals surface area contributed by atoms with E-state index in [1.54, 1.807) is 12.3 Å². The molecule has 148 valence electrons. The molecule has 0 saturated carbocycles. The van der Waals surface area contributed by atoms with Crippen LogP contribution in [0.5, 0.6) is 0 Å². The molecule has 0 aliphatic carbocycles. The van der Waals surface area contributed by atoms with Gasteiger partial charge in [0.15, 0.2) is 0 Å². The van der Waals surface area contributed by atoms with E-state index in [0.29, 0.717) is 23.4 Å². The van der Waals surface area contributed by atoms with E-state index < -0.39 is 0 Å². The summed E-state index contributed by atoms with van der Waals surface area (Å²) in [7, 11) is 1.82. The molecule has 6 heteroatoms. The summed E-state index contributed by atoms with van der Waals surface area (Å²) in [6, 6.07) is 12.8. The maximum Gasteiger partial charge on any atom is 0.254 e. The predicted molar refractivity (Wildman–Crippen MR) is 111 cm³/mol. The lowest BCUT2D eigenvalue weighted by molar-refractivity contribution is 0.0644. The third kappa shape index (κ3) is 3.88. The summed E-state index contributed by atoms with van der Waals surface area (Å²) in [6.45, 7) is 4.66. The number of nitrogens with zero attached hydrogens (tertiary/aromatic N) is 2. The molecule has 1 aromatic carbocycles. The molecule has 0 bridgehead atoms. The van der Waals surface area contributed by atoms with Crippen LogP contribution >= 0.6 is 0 Å². The van der Waals surface area contributed by atoms with Gasteiger partial charge in [-0.2, -0.15) is 0 Å². The van der Waals surface area contributed by atoms with Gasteiger partial charge in [0.05, 0.1) is 0 Å². The van der Waals surface area contributed by atoms with Crippen LogP contribution in [0.15, 0.2) is 42.6 Å². The van der Waals surface area contributed by atoms with Crippen LogP contribution in [0, 0.1) is 12.8 Å². The minimum Gasteiger partial charge on any atom is -0.373 e. The van der Waals surface area contributed by atoms with E-state index >= 15 is 0 Å². The van der Waals surface area contributed by atoms with E-state index in [0.717, 1.165) is 38.3 Å². The molecule has 3 N–H and O–H groups in total. The smallest absolute Gasteiger partial charge is 0.254 e. The molecule has 2 aliphatic heterocycles. The van der Waals surface area contributed by atoms with Gasteiger partial charge in [-0.1, -0.05) is 29.8 Å². The summed E-state index contributed by atoms with van der Waals surface area (Å²) in [5, 5.41) is 3.01. The van der Waals surface area contributed by atoms with Crippen molar-refractivity contribution in [3.05, 3.63) is 59.3 Å². The van der Waals surface area contributed by atoms with Crippen LogP contribution in [0.1, 0.15) is 40.2 Å². The number of hydrogen-bond donors (Lipinski definition) is 3. The quantitative estimate of drug-likeness (QED) is 0.762. The van der Waals surface area contributed by atoms with Gasteiger partial charge >= 0.3 is 0 Å². The summed E-state index contributed by atoms with van der Waals surface area (Å²) in [4.78, 5) is 19.3. The number of aryl methyl sites for hydroxylation is 1. The maximum atomic E-state index is 13.1. The first-order valence-electron chi connectivity index (χ1n) is 10.1. The molecule has 2 aliphatic rings. The Morgan fingerprint density at radius 1 is 1.25 bits per heavy atom. The third-order valence-electron chi connectivity index (χ3n) is 6.05. The van der Waals surface area contributed by atoms with E-state index in [1.165, 1.54) is 11.1 Å². The molecule has 3 unspecified atom stereocenters. The molecule has 28 heavy (non-hydrogen) atoms. The van der Waals surface area contributed by atoms with E-state index in [1.807, 2.05) is 18.0 Å². The second-order valence-corrected chi connectivity index (χ2v) is 7.90.